The van der Waals surface area contributed by atoms with Crippen molar-refractivity contribution >= 4 is 0 Å². The molecule has 1 saturated heterocycles. The van der Waals surface area contributed by atoms with Gasteiger partial charge in [-0.3, -0.25) is 4.90 Å². The molecule has 2 heterocycles. The Morgan fingerprint density at radius 2 is 2.00 bits per heavy atom. The number of rotatable bonds is 3. The van der Waals surface area contributed by atoms with Gasteiger partial charge in [0.15, 0.2) is 11.5 Å². The molecule has 4 heteroatoms. The van der Waals surface area contributed by atoms with Crippen molar-refractivity contribution in [1.82, 2.24) is 4.90 Å². The fourth-order valence-electron chi connectivity index (χ4n) is 9.40. The Kier molecular flexibility index (Phi) is 3.18. The SMILES string of the molecule is CC(C)(O)[C@H]1C[C@@]23CC[C@]1(C)C1Oc4c(O)ccc5c4[C@@]12CCN(CC1CC1)C3C5. The van der Waals surface area contributed by atoms with E-state index in [0.717, 1.165) is 43.9 Å². The van der Waals surface area contributed by atoms with Gasteiger partial charge in [-0.05, 0) is 88.8 Å². The van der Waals surface area contributed by atoms with Gasteiger partial charge in [-0.15, -0.1) is 0 Å². The van der Waals surface area contributed by atoms with E-state index in [-0.39, 0.29) is 28.3 Å². The molecule has 4 bridgehead atoms. The van der Waals surface area contributed by atoms with E-state index in [2.05, 4.69) is 17.9 Å². The molecule has 2 aliphatic heterocycles. The topological polar surface area (TPSA) is 52.9 Å². The van der Waals surface area contributed by atoms with E-state index in [1.54, 1.807) is 0 Å². The highest BCUT2D eigenvalue weighted by atomic mass is 16.5. The van der Waals surface area contributed by atoms with Gasteiger partial charge in [0, 0.05) is 34.4 Å². The summed E-state index contributed by atoms with van der Waals surface area (Å²) in [5, 5.41) is 22.1. The van der Waals surface area contributed by atoms with Crippen molar-refractivity contribution in [3.8, 4) is 11.5 Å². The normalized spacial score (nSPS) is 45.9. The van der Waals surface area contributed by atoms with E-state index < -0.39 is 5.60 Å². The molecule has 0 radical (unpaired) electrons. The lowest BCUT2D eigenvalue weighted by Crippen LogP contribution is -2.79. The second kappa shape index (κ2) is 5.20. The maximum atomic E-state index is 11.3. The van der Waals surface area contributed by atoms with Gasteiger partial charge in [-0.25, -0.2) is 0 Å². The number of piperidine rings is 1. The Morgan fingerprint density at radius 3 is 2.73 bits per heavy atom. The van der Waals surface area contributed by atoms with Gasteiger partial charge < -0.3 is 14.9 Å². The fraction of sp³-hybridized carbons (Fsp3) is 0.769. The summed E-state index contributed by atoms with van der Waals surface area (Å²) in [6.07, 6.45) is 8.51. The summed E-state index contributed by atoms with van der Waals surface area (Å²) in [4.78, 5) is 2.84. The number of hydrogen-bond donors (Lipinski definition) is 2. The van der Waals surface area contributed by atoms with Crippen LogP contribution in [0.2, 0.25) is 0 Å². The lowest BCUT2D eigenvalue weighted by atomic mass is 9.32. The Balaban J connectivity index is 1.48. The third-order valence-electron chi connectivity index (χ3n) is 10.6. The van der Waals surface area contributed by atoms with Crippen molar-refractivity contribution in [3.05, 3.63) is 23.3 Å². The summed E-state index contributed by atoms with van der Waals surface area (Å²) >= 11 is 0. The lowest BCUT2D eigenvalue weighted by molar-refractivity contribution is -0.260. The predicted molar refractivity (Wildman–Crippen MR) is 115 cm³/mol. The van der Waals surface area contributed by atoms with Gasteiger partial charge in [0.25, 0.3) is 0 Å². The molecule has 7 aliphatic rings. The highest BCUT2D eigenvalue weighted by Crippen LogP contribution is 2.79. The predicted octanol–water partition coefficient (Wildman–Crippen LogP) is 4.01. The number of hydrogen-bond acceptors (Lipinski definition) is 4. The molecule has 0 aromatic heterocycles. The smallest absolute Gasteiger partial charge is 0.165 e. The third kappa shape index (κ3) is 1.85. The molecular formula is C26H35NO3. The quantitative estimate of drug-likeness (QED) is 0.792. The zero-order valence-corrected chi connectivity index (χ0v) is 18.6. The van der Waals surface area contributed by atoms with Crippen LogP contribution in [0, 0.1) is 22.7 Å². The van der Waals surface area contributed by atoms with E-state index >= 15 is 0 Å². The first-order valence-electron chi connectivity index (χ1n) is 12.2. The average Bonchev–Trinajstić information content (AvgIpc) is 3.42. The van der Waals surface area contributed by atoms with Crippen LogP contribution in [-0.2, 0) is 11.8 Å². The summed E-state index contributed by atoms with van der Waals surface area (Å²) in [7, 11) is 0. The number of fused-ring (bicyclic) bond motifs is 2. The molecule has 6 atom stereocenters. The van der Waals surface area contributed by atoms with Crippen molar-refractivity contribution in [2.24, 2.45) is 22.7 Å². The molecule has 162 valence electrons. The second-order valence-corrected chi connectivity index (χ2v) is 12.4. The standard InChI is InChI=1S/C26H35NO3/c1-23(2,29)18-13-25-9-8-24(18,3)22-26(25)10-11-27(14-15-4-5-15)19(25)12-16-6-7-17(28)21(30-22)20(16)26/h6-7,15,18-19,22,28-29H,4-5,8-14H2,1-3H3/t18-,19?,22?,24+,25-,26+/m1/s1. The summed E-state index contributed by atoms with van der Waals surface area (Å²) in [6.45, 7) is 8.80. The molecule has 5 aliphatic carbocycles. The van der Waals surface area contributed by atoms with E-state index in [1.165, 1.54) is 36.9 Å². The Hall–Kier alpha value is -1.26. The van der Waals surface area contributed by atoms with Crippen LogP contribution in [0.4, 0.5) is 0 Å². The molecule has 0 amide bonds. The van der Waals surface area contributed by atoms with E-state index in [1.807, 2.05) is 19.9 Å². The summed E-state index contributed by atoms with van der Waals surface area (Å²) in [5.74, 6) is 2.21. The van der Waals surface area contributed by atoms with Crippen LogP contribution in [0.5, 0.6) is 11.5 Å². The van der Waals surface area contributed by atoms with E-state index in [4.69, 9.17) is 4.74 Å². The van der Waals surface area contributed by atoms with Crippen molar-refractivity contribution in [1.29, 1.82) is 0 Å². The number of ether oxygens (including phenoxy) is 1. The first kappa shape index (κ1) is 18.3. The van der Waals surface area contributed by atoms with Gasteiger partial charge >= 0.3 is 0 Å². The first-order valence-corrected chi connectivity index (χ1v) is 12.2. The van der Waals surface area contributed by atoms with Crippen molar-refractivity contribution in [2.45, 2.75) is 88.9 Å². The molecular weight excluding hydrogens is 374 g/mol. The van der Waals surface area contributed by atoms with Crippen LogP contribution in [0.3, 0.4) is 0 Å². The maximum Gasteiger partial charge on any atom is 0.165 e. The third-order valence-corrected chi connectivity index (χ3v) is 10.6. The molecule has 1 aromatic rings. The van der Waals surface area contributed by atoms with Crippen LogP contribution in [-0.4, -0.2) is 45.9 Å². The van der Waals surface area contributed by atoms with Crippen molar-refractivity contribution in [2.75, 3.05) is 13.1 Å². The van der Waals surface area contributed by atoms with Gasteiger partial charge in [0.2, 0.25) is 0 Å². The van der Waals surface area contributed by atoms with Crippen LogP contribution in [0.1, 0.15) is 70.4 Å². The Labute approximate surface area is 179 Å². The molecule has 2 unspecified atom stereocenters. The largest absolute Gasteiger partial charge is 0.504 e. The van der Waals surface area contributed by atoms with Crippen LogP contribution < -0.4 is 4.74 Å². The number of likely N-dealkylation sites (tertiary alicyclic amines) is 1. The molecule has 4 nitrogen and oxygen atoms in total. The zero-order valence-electron chi connectivity index (χ0n) is 18.6. The molecule has 2 spiro atoms. The highest BCUT2D eigenvalue weighted by Gasteiger charge is 2.80. The minimum atomic E-state index is -0.722. The van der Waals surface area contributed by atoms with Crippen LogP contribution in [0.25, 0.3) is 0 Å². The average molecular weight is 410 g/mol. The second-order valence-electron chi connectivity index (χ2n) is 12.4. The molecule has 30 heavy (non-hydrogen) atoms. The Morgan fingerprint density at radius 1 is 1.20 bits per heavy atom. The summed E-state index contributed by atoms with van der Waals surface area (Å²) in [6, 6.07) is 4.58. The van der Waals surface area contributed by atoms with E-state index in [9.17, 15) is 10.2 Å². The van der Waals surface area contributed by atoms with Gasteiger partial charge in [0.1, 0.15) is 6.10 Å². The summed E-state index contributed by atoms with van der Waals surface area (Å²) < 4.78 is 6.82. The van der Waals surface area contributed by atoms with Gasteiger partial charge in [-0.2, -0.15) is 0 Å². The van der Waals surface area contributed by atoms with Crippen LogP contribution >= 0.6 is 0 Å². The number of benzene rings is 1. The molecule has 4 saturated carbocycles. The van der Waals surface area contributed by atoms with Gasteiger partial charge in [-0.1, -0.05) is 13.0 Å². The minimum absolute atomic E-state index is 0.00806. The summed E-state index contributed by atoms with van der Waals surface area (Å²) in [5.41, 5.74) is 2.14. The maximum absolute atomic E-state index is 11.3. The molecule has 2 N–H and O–H groups in total. The minimum Gasteiger partial charge on any atom is -0.504 e. The number of phenols is 1. The number of aliphatic hydroxyl groups is 1. The molecule has 8 rings (SSSR count). The van der Waals surface area contributed by atoms with E-state index in [0.29, 0.717) is 11.8 Å². The van der Waals surface area contributed by atoms with Crippen LogP contribution in [0.15, 0.2) is 12.1 Å². The first-order chi connectivity index (χ1) is 14.2. The zero-order chi connectivity index (χ0) is 20.7. The number of phenolic OH excluding ortho intramolecular Hbond substituents is 1. The van der Waals surface area contributed by atoms with Crippen molar-refractivity contribution in [3.63, 3.8) is 0 Å². The Bertz CT molecular complexity index is 948. The molecule has 1 aromatic carbocycles. The molecule has 5 fully saturated rings. The highest BCUT2D eigenvalue weighted by molar-refractivity contribution is 5.63. The monoisotopic (exact) mass is 409 g/mol. The van der Waals surface area contributed by atoms with Gasteiger partial charge in [0.05, 0.1) is 5.60 Å². The van der Waals surface area contributed by atoms with Crippen molar-refractivity contribution < 1.29 is 14.9 Å². The number of nitrogens with zero attached hydrogens (tertiary/aromatic N) is 1. The lowest BCUT2D eigenvalue weighted by Gasteiger charge is -2.75. The number of aromatic hydroxyl groups is 1. The fourth-order valence-corrected chi connectivity index (χ4v) is 9.40.